The Labute approximate surface area is 221 Å². The summed E-state index contributed by atoms with van der Waals surface area (Å²) in [6.45, 7) is 5.41. The zero-order valence-electron chi connectivity index (χ0n) is 21.1. The minimum absolute atomic E-state index is 0.216. The van der Waals surface area contributed by atoms with Crippen LogP contribution in [0.5, 0.6) is 0 Å². The van der Waals surface area contributed by atoms with Crippen LogP contribution in [0.3, 0.4) is 0 Å². The molecule has 1 aliphatic heterocycles. The van der Waals surface area contributed by atoms with Gasteiger partial charge < -0.3 is 0 Å². The van der Waals surface area contributed by atoms with Crippen LogP contribution in [0.2, 0.25) is 0 Å². The first-order valence-corrected chi connectivity index (χ1v) is 14.8. The van der Waals surface area contributed by atoms with Crippen molar-refractivity contribution in [2.75, 3.05) is 18.0 Å². The highest BCUT2D eigenvalue weighted by Crippen LogP contribution is 2.33. The maximum Gasteiger partial charge on any atom is 0.260 e. The second-order valence-corrected chi connectivity index (χ2v) is 12.4. The number of rotatable bonds is 6. The van der Waals surface area contributed by atoms with Gasteiger partial charge in [-0.2, -0.15) is 4.31 Å². The third-order valence-electron chi connectivity index (χ3n) is 6.64. The van der Waals surface area contributed by atoms with Crippen molar-refractivity contribution in [3.8, 4) is 0 Å². The minimum Gasteiger partial charge on any atom is -0.278 e. The molecule has 3 heterocycles. The van der Waals surface area contributed by atoms with Crippen molar-refractivity contribution >= 4 is 42.6 Å². The molecule has 37 heavy (non-hydrogen) atoms. The van der Waals surface area contributed by atoms with Gasteiger partial charge in [0.05, 0.1) is 27.4 Å². The molecule has 192 valence electrons. The summed E-state index contributed by atoms with van der Waals surface area (Å²) in [6.07, 6.45) is 5.55. The number of hydrogen-bond acceptors (Lipinski definition) is 6. The van der Waals surface area contributed by atoms with E-state index in [9.17, 15) is 13.2 Å². The van der Waals surface area contributed by atoms with Crippen molar-refractivity contribution in [2.24, 2.45) is 0 Å². The number of amides is 1. The van der Waals surface area contributed by atoms with Gasteiger partial charge in [0.1, 0.15) is 0 Å². The molecule has 2 aromatic heterocycles. The topological polar surface area (TPSA) is 83.5 Å². The molecule has 0 saturated carbocycles. The highest BCUT2D eigenvalue weighted by atomic mass is 32.2. The van der Waals surface area contributed by atoms with Crippen LogP contribution in [0.25, 0.3) is 10.2 Å². The molecule has 0 unspecified atom stereocenters. The Morgan fingerprint density at radius 2 is 1.73 bits per heavy atom. The molecule has 1 amide bonds. The summed E-state index contributed by atoms with van der Waals surface area (Å²) in [7, 11) is -3.59. The van der Waals surface area contributed by atoms with Crippen LogP contribution < -0.4 is 4.90 Å². The number of aryl methyl sites for hydroxylation is 2. The normalized spacial score (nSPS) is 15.0. The number of pyridine rings is 1. The average molecular weight is 535 g/mol. The quantitative estimate of drug-likeness (QED) is 0.316. The van der Waals surface area contributed by atoms with Crippen molar-refractivity contribution in [2.45, 2.75) is 51.0 Å². The second kappa shape index (κ2) is 10.7. The molecule has 0 bridgehead atoms. The molecule has 1 aliphatic rings. The fourth-order valence-electron chi connectivity index (χ4n) is 4.72. The Bertz CT molecular complexity index is 1510. The summed E-state index contributed by atoms with van der Waals surface area (Å²) in [5.74, 6) is -0.252. The van der Waals surface area contributed by atoms with Crippen LogP contribution in [-0.4, -0.2) is 41.7 Å². The molecular formula is C28H30N4O3S2. The molecule has 0 N–H and O–H groups in total. The number of thiazole rings is 1. The van der Waals surface area contributed by atoms with Crippen molar-refractivity contribution in [1.29, 1.82) is 0 Å². The van der Waals surface area contributed by atoms with E-state index in [2.05, 4.69) is 11.1 Å². The standard InChI is InChI=1S/C28H30N4O3S2/c1-20-17-21(2)26-25(18-20)30-28(36-26)32(19-23-9-5-6-14-29-23)27(33)22-10-12-24(13-11-22)37(34,35)31-15-7-3-4-8-16-31/h5-6,9-14,17-18H,3-4,7-8,15-16,19H2,1-2H3. The number of benzene rings is 2. The van der Waals surface area contributed by atoms with Crippen LogP contribution >= 0.6 is 11.3 Å². The van der Waals surface area contributed by atoms with E-state index in [4.69, 9.17) is 4.98 Å². The van der Waals surface area contributed by atoms with E-state index in [1.807, 2.05) is 38.1 Å². The van der Waals surface area contributed by atoms with E-state index in [0.717, 1.165) is 52.7 Å². The predicted molar refractivity (Wildman–Crippen MR) is 148 cm³/mol. The largest absolute Gasteiger partial charge is 0.278 e. The fraction of sp³-hybridized carbons (Fsp3) is 0.321. The van der Waals surface area contributed by atoms with Gasteiger partial charge in [-0.25, -0.2) is 13.4 Å². The van der Waals surface area contributed by atoms with Gasteiger partial charge >= 0.3 is 0 Å². The van der Waals surface area contributed by atoms with Gasteiger partial charge in [-0.05, 0) is 80.3 Å². The molecule has 0 aliphatic carbocycles. The fourth-order valence-corrected chi connectivity index (χ4v) is 7.25. The maximum atomic E-state index is 13.8. The van der Waals surface area contributed by atoms with Gasteiger partial charge in [0.25, 0.3) is 5.91 Å². The van der Waals surface area contributed by atoms with Gasteiger partial charge in [-0.15, -0.1) is 0 Å². The van der Waals surface area contributed by atoms with E-state index < -0.39 is 10.0 Å². The molecular weight excluding hydrogens is 504 g/mol. The molecule has 0 radical (unpaired) electrons. The first-order chi connectivity index (χ1) is 17.8. The number of aromatic nitrogens is 2. The van der Waals surface area contributed by atoms with Crippen LogP contribution in [0, 0.1) is 13.8 Å². The lowest BCUT2D eigenvalue weighted by atomic mass is 10.1. The van der Waals surface area contributed by atoms with Gasteiger partial charge in [-0.1, -0.05) is 36.3 Å². The number of nitrogens with zero attached hydrogens (tertiary/aromatic N) is 4. The molecule has 7 nitrogen and oxygen atoms in total. The van der Waals surface area contributed by atoms with Crippen LogP contribution in [-0.2, 0) is 16.6 Å². The van der Waals surface area contributed by atoms with Crippen LogP contribution in [0.4, 0.5) is 5.13 Å². The summed E-state index contributed by atoms with van der Waals surface area (Å²) in [5.41, 5.74) is 4.23. The minimum atomic E-state index is -3.59. The van der Waals surface area contributed by atoms with E-state index in [-0.39, 0.29) is 17.3 Å². The molecule has 4 aromatic rings. The number of fused-ring (bicyclic) bond motifs is 1. The van der Waals surface area contributed by atoms with Gasteiger partial charge in [0.2, 0.25) is 10.0 Å². The number of sulfonamides is 1. The Hall–Kier alpha value is -3.14. The SMILES string of the molecule is Cc1cc(C)c2sc(N(Cc3ccccn3)C(=O)c3ccc(S(=O)(=O)N4CCCCCC4)cc3)nc2c1. The number of hydrogen-bond donors (Lipinski definition) is 0. The van der Waals surface area contributed by atoms with Crippen LogP contribution in [0.1, 0.15) is 52.9 Å². The molecule has 0 spiro atoms. The molecule has 1 saturated heterocycles. The highest BCUT2D eigenvalue weighted by molar-refractivity contribution is 7.89. The average Bonchev–Trinajstić information content (AvgIpc) is 3.12. The second-order valence-electron chi connectivity index (χ2n) is 9.48. The van der Waals surface area contributed by atoms with Gasteiger partial charge in [-0.3, -0.25) is 14.7 Å². The van der Waals surface area contributed by atoms with Crippen molar-refractivity contribution < 1.29 is 13.2 Å². The highest BCUT2D eigenvalue weighted by Gasteiger charge is 2.27. The Morgan fingerprint density at radius 3 is 2.41 bits per heavy atom. The summed E-state index contributed by atoms with van der Waals surface area (Å²) >= 11 is 1.47. The first kappa shape index (κ1) is 25.5. The molecule has 5 rings (SSSR count). The lowest BCUT2D eigenvalue weighted by Gasteiger charge is -2.21. The van der Waals surface area contributed by atoms with Crippen molar-refractivity contribution in [3.05, 3.63) is 83.2 Å². The molecule has 2 aromatic carbocycles. The van der Waals surface area contributed by atoms with E-state index in [0.29, 0.717) is 23.8 Å². The number of anilines is 1. The lowest BCUT2D eigenvalue weighted by molar-refractivity contribution is 0.0984. The van der Waals surface area contributed by atoms with E-state index in [1.54, 1.807) is 27.5 Å². The number of carbonyl (C=O) groups excluding carboxylic acids is 1. The predicted octanol–water partition coefficient (Wildman–Crippen LogP) is 5.72. The van der Waals surface area contributed by atoms with E-state index in [1.165, 1.54) is 23.5 Å². The third-order valence-corrected chi connectivity index (χ3v) is 9.78. The monoisotopic (exact) mass is 534 g/mol. The smallest absolute Gasteiger partial charge is 0.260 e. The zero-order chi connectivity index (χ0) is 26.0. The molecule has 9 heteroatoms. The van der Waals surface area contributed by atoms with Crippen molar-refractivity contribution in [1.82, 2.24) is 14.3 Å². The van der Waals surface area contributed by atoms with Gasteiger partial charge in [0.15, 0.2) is 5.13 Å². The number of carbonyl (C=O) groups is 1. The van der Waals surface area contributed by atoms with Crippen molar-refractivity contribution in [3.63, 3.8) is 0 Å². The summed E-state index contributed by atoms with van der Waals surface area (Å²) in [4.78, 5) is 24.8. The molecule has 0 atom stereocenters. The Kier molecular flexibility index (Phi) is 7.37. The Morgan fingerprint density at radius 1 is 1.00 bits per heavy atom. The lowest BCUT2D eigenvalue weighted by Crippen LogP contribution is -2.32. The molecule has 1 fully saturated rings. The van der Waals surface area contributed by atoms with Gasteiger partial charge in [0, 0.05) is 24.8 Å². The maximum absolute atomic E-state index is 13.8. The summed E-state index contributed by atoms with van der Waals surface area (Å²) in [6, 6.07) is 16.0. The zero-order valence-corrected chi connectivity index (χ0v) is 22.7. The third kappa shape index (κ3) is 5.44. The Balaban J connectivity index is 1.47. The summed E-state index contributed by atoms with van der Waals surface area (Å²) < 4.78 is 29.0. The first-order valence-electron chi connectivity index (χ1n) is 12.5. The summed E-state index contributed by atoms with van der Waals surface area (Å²) in [5, 5.41) is 0.584. The van der Waals surface area contributed by atoms with Crippen LogP contribution in [0.15, 0.2) is 65.7 Å². The van der Waals surface area contributed by atoms with E-state index >= 15 is 0 Å².